The van der Waals surface area contributed by atoms with Gasteiger partial charge in [-0.2, -0.15) is 0 Å². The van der Waals surface area contributed by atoms with Crippen LogP contribution in [0.25, 0.3) is 0 Å². The fourth-order valence-electron chi connectivity index (χ4n) is 2.40. The van der Waals surface area contributed by atoms with Crippen molar-refractivity contribution in [3.63, 3.8) is 0 Å². The third-order valence-electron chi connectivity index (χ3n) is 4.13. The van der Waals surface area contributed by atoms with Crippen LogP contribution in [-0.4, -0.2) is 36.9 Å². The second-order valence-electron chi connectivity index (χ2n) is 5.99. The van der Waals surface area contributed by atoms with Crippen molar-refractivity contribution in [2.75, 3.05) is 19.5 Å². The van der Waals surface area contributed by atoms with E-state index in [0.29, 0.717) is 17.8 Å². The SMILES string of the molecule is COc1ccc(CN(C)C(C)C(=O)Nc2ccc(C(N)=O)cc2)cc1F. The third-order valence-corrected chi connectivity index (χ3v) is 4.13. The number of carbonyl (C=O) groups excluding carboxylic acids is 2. The van der Waals surface area contributed by atoms with Gasteiger partial charge in [-0.15, -0.1) is 0 Å². The second kappa shape index (κ2) is 8.44. The first kappa shape index (κ1) is 19.4. The summed E-state index contributed by atoms with van der Waals surface area (Å²) in [5.74, 6) is -0.998. The Hall–Kier alpha value is -2.93. The van der Waals surface area contributed by atoms with E-state index < -0.39 is 17.8 Å². The van der Waals surface area contributed by atoms with Crippen molar-refractivity contribution in [1.82, 2.24) is 4.90 Å². The molecule has 2 amide bonds. The van der Waals surface area contributed by atoms with Gasteiger partial charge >= 0.3 is 0 Å². The summed E-state index contributed by atoms with van der Waals surface area (Å²) in [4.78, 5) is 25.3. The van der Waals surface area contributed by atoms with Crippen LogP contribution >= 0.6 is 0 Å². The Kier molecular flexibility index (Phi) is 6.30. The molecule has 0 aliphatic heterocycles. The average molecular weight is 359 g/mol. The normalized spacial score (nSPS) is 11.9. The van der Waals surface area contributed by atoms with Crippen LogP contribution in [0.4, 0.5) is 10.1 Å². The number of primary amides is 1. The molecule has 3 N–H and O–H groups in total. The molecule has 0 heterocycles. The standard InChI is InChI=1S/C19H22FN3O3/c1-12(19(25)22-15-7-5-14(6-8-15)18(21)24)23(2)11-13-4-9-17(26-3)16(20)10-13/h4-10,12H,11H2,1-3H3,(H2,21,24)(H,22,25). The molecule has 1 unspecified atom stereocenters. The van der Waals surface area contributed by atoms with Crippen molar-refractivity contribution in [3.8, 4) is 5.75 Å². The first-order chi connectivity index (χ1) is 12.3. The first-order valence-electron chi connectivity index (χ1n) is 8.05. The molecule has 2 rings (SSSR count). The highest BCUT2D eigenvalue weighted by molar-refractivity contribution is 5.96. The lowest BCUT2D eigenvalue weighted by molar-refractivity contribution is -0.120. The average Bonchev–Trinajstić information content (AvgIpc) is 2.61. The zero-order chi connectivity index (χ0) is 19.3. The van der Waals surface area contributed by atoms with Crippen LogP contribution in [0, 0.1) is 5.82 Å². The second-order valence-corrected chi connectivity index (χ2v) is 5.99. The molecular formula is C19H22FN3O3. The molecule has 2 aromatic carbocycles. The summed E-state index contributed by atoms with van der Waals surface area (Å²) in [7, 11) is 3.19. The Balaban J connectivity index is 1.98. The van der Waals surface area contributed by atoms with Gasteiger partial charge in [-0.3, -0.25) is 14.5 Å². The van der Waals surface area contributed by atoms with Crippen molar-refractivity contribution in [2.24, 2.45) is 5.73 Å². The molecular weight excluding hydrogens is 337 g/mol. The highest BCUT2D eigenvalue weighted by Crippen LogP contribution is 2.19. The Morgan fingerprint density at radius 2 is 1.88 bits per heavy atom. The van der Waals surface area contributed by atoms with Gasteiger partial charge in [0.2, 0.25) is 11.8 Å². The van der Waals surface area contributed by atoms with Gasteiger partial charge in [0.15, 0.2) is 11.6 Å². The number of likely N-dealkylation sites (N-methyl/N-ethyl adjacent to an activating group) is 1. The molecule has 0 radical (unpaired) electrons. The van der Waals surface area contributed by atoms with Crippen molar-refractivity contribution in [3.05, 3.63) is 59.4 Å². The van der Waals surface area contributed by atoms with Crippen LogP contribution in [0.15, 0.2) is 42.5 Å². The lowest BCUT2D eigenvalue weighted by Crippen LogP contribution is -2.39. The van der Waals surface area contributed by atoms with Gasteiger partial charge in [-0.1, -0.05) is 6.07 Å². The number of hydrogen-bond acceptors (Lipinski definition) is 4. The summed E-state index contributed by atoms with van der Waals surface area (Å²) >= 11 is 0. The fourth-order valence-corrected chi connectivity index (χ4v) is 2.40. The largest absolute Gasteiger partial charge is 0.494 e. The minimum absolute atomic E-state index is 0.182. The van der Waals surface area contributed by atoms with Crippen LogP contribution in [-0.2, 0) is 11.3 Å². The van der Waals surface area contributed by atoms with Crippen molar-refractivity contribution in [1.29, 1.82) is 0 Å². The van der Waals surface area contributed by atoms with E-state index in [1.807, 2.05) is 0 Å². The van der Waals surface area contributed by atoms with Crippen LogP contribution in [0.2, 0.25) is 0 Å². The Labute approximate surface area is 151 Å². The highest BCUT2D eigenvalue weighted by Gasteiger charge is 2.19. The van der Waals surface area contributed by atoms with E-state index in [-0.39, 0.29) is 11.7 Å². The number of carbonyl (C=O) groups is 2. The zero-order valence-electron chi connectivity index (χ0n) is 15.0. The zero-order valence-corrected chi connectivity index (χ0v) is 15.0. The first-order valence-corrected chi connectivity index (χ1v) is 8.05. The number of hydrogen-bond donors (Lipinski definition) is 2. The highest BCUT2D eigenvalue weighted by atomic mass is 19.1. The summed E-state index contributed by atoms with van der Waals surface area (Å²) in [6.07, 6.45) is 0. The van der Waals surface area contributed by atoms with Gasteiger partial charge in [0.05, 0.1) is 13.2 Å². The molecule has 0 aliphatic carbocycles. The minimum Gasteiger partial charge on any atom is -0.494 e. The van der Waals surface area contributed by atoms with Gasteiger partial charge in [0, 0.05) is 17.8 Å². The molecule has 0 fully saturated rings. The quantitative estimate of drug-likeness (QED) is 0.795. The maximum Gasteiger partial charge on any atom is 0.248 e. The summed E-state index contributed by atoms with van der Waals surface area (Å²) < 4.78 is 18.7. The lowest BCUT2D eigenvalue weighted by atomic mass is 10.1. The van der Waals surface area contributed by atoms with E-state index >= 15 is 0 Å². The molecule has 1 atom stereocenters. The Morgan fingerprint density at radius 1 is 1.23 bits per heavy atom. The molecule has 0 bridgehead atoms. The van der Waals surface area contributed by atoms with Gasteiger partial charge in [-0.05, 0) is 55.9 Å². The number of nitrogens with two attached hydrogens (primary N) is 1. The summed E-state index contributed by atoms with van der Waals surface area (Å²) in [6, 6.07) is 10.6. The molecule has 2 aromatic rings. The number of nitrogens with one attached hydrogen (secondary N) is 1. The molecule has 7 heteroatoms. The molecule has 6 nitrogen and oxygen atoms in total. The molecule has 0 aliphatic rings. The maximum atomic E-state index is 13.8. The smallest absolute Gasteiger partial charge is 0.248 e. The molecule has 0 spiro atoms. The minimum atomic E-state index is -0.525. The molecule has 26 heavy (non-hydrogen) atoms. The van der Waals surface area contributed by atoms with E-state index in [4.69, 9.17) is 10.5 Å². The van der Waals surface area contributed by atoms with Crippen LogP contribution in [0.5, 0.6) is 5.75 Å². The number of benzene rings is 2. The van der Waals surface area contributed by atoms with Gasteiger partial charge in [0.25, 0.3) is 0 Å². The molecule has 0 aromatic heterocycles. The third kappa shape index (κ3) is 4.80. The number of amides is 2. The molecule has 138 valence electrons. The van der Waals surface area contributed by atoms with Gasteiger partial charge in [-0.25, -0.2) is 4.39 Å². The van der Waals surface area contributed by atoms with Crippen LogP contribution < -0.4 is 15.8 Å². The van der Waals surface area contributed by atoms with Gasteiger partial charge < -0.3 is 15.8 Å². The summed E-state index contributed by atoms with van der Waals surface area (Å²) in [6.45, 7) is 2.16. The van der Waals surface area contributed by atoms with Crippen LogP contribution in [0.3, 0.4) is 0 Å². The van der Waals surface area contributed by atoms with Crippen molar-refractivity contribution in [2.45, 2.75) is 19.5 Å². The number of ether oxygens (including phenoxy) is 1. The van der Waals surface area contributed by atoms with E-state index in [0.717, 1.165) is 5.56 Å². The predicted molar refractivity (Wildman–Crippen MR) is 97.5 cm³/mol. The van der Waals surface area contributed by atoms with E-state index in [2.05, 4.69) is 5.32 Å². The Morgan fingerprint density at radius 3 is 2.42 bits per heavy atom. The topological polar surface area (TPSA) is 84.7 Å². The Bertz CT molecular complexity index is 793. The van der Waals surface area contributed by atoms with Crippen molar-refractivity contribution < 1.29 is 18.7 Å². The molecule has 0 saturated carbocycles. The maximum absolute atomic E-state index is 13.8. The van der Waals surface area contributed by atoms with Crippen LogP contribution in [0.1, 0.15) is 22.8 Å². The van der Waals surface area contributed by atoms with Gasteiger partial charge in [0.1, 0.15) is 0 Å². The molecule has 0 saturated heterocycles. The number of nitrogens with zero attached hydrogens (tertiary/aromatic N) is 1. The van der Waals surface area contributed by atoms with E-state index in [1.54, 1.807) is 55.3 Å². The van der Waals surface area contributed by atoms with E-state index in [9.17, 15) is 14.0 Å². The van der Waals surface area contributed by atoms with E-state index in [1.165, 1.54) is 13.2 Å². The fraction of sp³-hybridized carbons (Fsp3) is 0.263. The summed E-state index contributed by atoms with van der Waals surface area (Å²) in [5, 5.41) is 2.78. The lowest BCUT2D eigenvalue weighted by Gasteiger charge is -2.24. The van der Waals surface area contributed by atoms with Crippen molar-refractivity contribution >= 4 is 17.5 Å². The number of rotatable bonds is 7. The number of methoxy groups -OCH3 is 1. The number of anilines is 1. The predicted octanol–water partition coefficient (Wildman–Crippen LogP) is 2.39. The number of halogens is 1. The summed E-state index contributed by atoms with van der Waals surface area (Å²) in [5.41, 5.74) is 6.86. The monoisotopic (exact) mass is 359 g/mol.